The van der Waals surface area contributed by atoms with E-state index in [1.807, 2.05) is 12.1 Å². The third-order valence-corrected chi connectivity index (χ3v) is 4.06. The van der Waals surface area contributed by atoms with Crippen LogP contribution in [0.15, 0.2) is 18.2 Å². The topological polar surface area (TPSA) is 64.3 Å². The zero-order chi connectivity index (χ0) is 16.8. The number of aromatic nitrogens is 2. The second-order valence-electron chi connectivity index (χ2n) is 5.46. The smallest absolute Gasteiger partial charge is 0.317 e. The summed E-state index contributed by atoms with van der Waals surface area (Å²) in [7, 11) is 1.76. The van der Waals surface area contributed by atoms with E-state index in [2.05, 4.69) is 34.0 Å². The molecule has 126 valence electrons. The van der Waals surface area contributed by atoms with Crippen LogP contribution in [0.3, 0.4) is 0 Å². The largest absolute Gasteiger partial charge is 0.340 e. The van der Waals surface area contributed by atoms with Crippen LogP contribution in [-0.2, 0) is 6.54 Å². The fourth-order valence-electron chi connectivity index (χ4n) is 2.40. The predicted molar refractivity (Wildman–Crippen MR) is 93.8 cm³/mol. The number of fused-ring (bicyclic) bond motifs is 1. The highest BCUT2D eigenvalue weighted by Crippen LogP contribution is 2.17. The quantitative estimate of drug-likeness (QED) is 0.816. The number of benzene rings is 1. The number of likely N-dealkylation sites (N-methyl/N-ethyl adjacent to an activating group) is 1. The number of rotatable bonds is 7. The van der Waals surface area contributed by atoms with Crippen LogP contribution >= 0.6 is 11.6 Å². The molecule has 1 aromatic carbocycles. The Morgan fingerprint density at radius 1 is 1.35 bits per heavy atom. The number of amides is 2. The number of nitrogens with zero attached hydrogens (tertiary/aromatic N) is 3. The molecule has 7 heteroatoms. The molecule has 0 aliphatic rings. The normalized spacial score (nSPS) is 11.2. The Morgan fingerprint density at radius 2 is 2.09 bits per heavy atom. The molecule has 23 heavy (non-hydrogen) atoms. The van der Waals surface area contributed by atoms with Crippen molar-refractivity contribution < 1.29 is 4.79 Å². The lowest BCUT2D eigenvalue weighted by Gasteiger charge is -2.20. The molecular formula is C16H24ClN5O. The number of carbonyl (C=O) groups excluding carboxylic acids is 1. The van der Waals surface area contributed by atoms with Gasteiger partial charge in [0.1, 0.15) is 5.82 Å². The first-order chi connectivity index (χ1) is 11.0. The first-order valence-electron chi connectivity index (χ1n) is 7.89. The van der Waals surface area contributed by atoms with Gasteiger partial charge < -0.3 is 20.1 Å². The van der Waals surface area contributed by atoms with Crippen molar-refractivity contribution in [2.75, 3.05) is 33.2 Å². The van der Waals surface area contributed by atoms with Crippen molar-refractivity contribution in [1.82, 2.24) is 25.1 Å². The van der Waals surface area contributed by atoms with Crippen molar-refractivity contribution in [2.45, 2.75) is 20.4 Å². The summed E-state index contributed by atoms with van der Waals surface area (Å²) in [5.41, 5.74) is 1.72. The van der Waals surface area contributed by atoms with Crippen molar-refractivity contribution in [2.24, 2.45) is 0 Å². The zero-order valence-electron chi connectivity index (χ0n) is 13.9. The highest BCUT2D eigenvalue weighted by Gasteiger charge is 2.12. The van der Waals surface area contributed by atoms with Gasteiger partial charge in [0, 0.05) is 25.2 Å². The Bertz CT molecular complexity index is 653. The molecule has 0 saturated heterocycles. The van der Waals surface area contributed by atoms with E-state index in [0.717, 1.165) is 36.5 Å². The Hall–Kier alpha value is -1.79. The molecule has 0 aliphatic heterocycles. The summed E-state index contributed by atoms with van der Waals surface area (Å²) < 4.78 is 0. The summed E-state index contributed by atoms with van der Waals surface area (Å²) in [5.74, 6) is 0.739. The van der Waals surface area contributed by atoms with E-state index in [0.29, 0.717) is 18.1 Å². The van der Waals surface area contributed by atoms with Gasteiger partial charge in [-0.3, -0.25) is 0 Å². The molecule has 1 aromatic heterocycles. The second-order valence-corrected chi connectivity index (χ2v) is 5.90. The van der Waals surface area contributed by atoms with Gasteiger partial charge in [-0.25, -0.2) is 9.78 Å². The standard InChI is InChI=1S/C16H24ClN5O/c1-4-22(5-2)9-8-18-16(23)21(3)11-15-19-13-7-6-12(17)10-14(13)20-15/h6-7,10H,4-5,8-9,11H2,1-3H3,(H,18,23)(H,19,20). The fraction of sp³-hybridized carbons (Fsp3) is 0.500. The number of hydrogen-bond acceptors (Lipinski definition) is 3. The Balaban J connectivity index is 1.87. The van der Waals surface area contributed by atoms with Crippen molar-refractivity contribution in [3.05, 3.63) is 29.0 Å². The molecule has 0 atom stereocenters. The Morgan fingerprint density at radius 3 is 2.78 bits per heavy atom. The van der Waals surface area contributed by atoms with Gasteiger partial charge in [0.05, 0.1) is 17.6 Å². The van der Waals surface area contributed by atoms with Gasteiger partial charge in [-0.05, 0) is 31.3 Å². The predicted octanol–water partition coefficient (Wildman–Crippen LogP) is 2.70. The van der Waals surface area contributed by atoms with Crippen LogP contribution in [0.2, 0.25) is 5.02 Å². The molecule has 0 saturated carbocycles. The van der Waals surface area contributed by atoms with Crippen molar-refractivity contribution in [3.63, 3.8) is 0 Å². The number of nitrogens with one attached hydrogen (secondary N) is 2. The van der Waals surface area contributed by atoms with E-state index in [9.17, 15) is 4.79 Å². The van der Waals surface area contributed by atoms with Crippen LogP contribution in [0.4, 0.5) is 4.79 Å². The number of imidazole rings is 1. The lowest BCUT2D eigenvalue weighted by atomic mass is 10.3. The minimum absolute atomic E-state index is 0.101. The molecule has 0 fully saturated rings. The molecule has 2 rings (SSSR count). The molecule has 6 nitrogen and oxygen atoms in total. The average Bonchev–Trinajstić information content (AvgIpc) is 2.92. The van der Waals surface area contributed by atoms with E-state index < -0.39 is 0 Å². The maximum Gasteiger partial charge on any atom is 0.317 e. The molecule has 1 heterocycles. The van der Waals surface area contributed by atoms with Gasteiger partial charge >= 0.3 is 6.03 Å². The maximum atomic E-state index is 12.1. The van der Waals surface area contributed by atoms with Gasteiger partial charge in [0.15, 0.2) is 0 Å². The van der Waals surface area contributed by atoms with Crippen LogP contribution < -0.4 is 5.32 Å². The third-order valence-electron chi connectivity index (χ3n) is 3.83. The summed E-state index contributed by atoms with van der Waals surface area (Å²) >= 11 is 5.96. The molecule has 0 spiro atoms. The lowest BCUT2D eigenvalue weighted by Crippen LogP contribution is -2.41. The van der Waals surface area contributed by atoms with Crippen LogP contribution in [0.25, 0.3) is 11.0 Å². The van der Waals surface area contributed by atoms with E-state index in [-0.39, 0.29) is 6.03 Å². The minimum Gasteiger partial charge on any atom is -0.340 e. The number of urea groups is 1. The van der Waals surface area contributed by atoms with Gasteiger partial charge in [0.25, 0.3) is 0 Å². The molecular weight excluding hydrogens is 314 g/mol. The first kappa shape index (κ1) is 17.6. The van der Waals surface area contributed by atoms with Crippen molar-refractivity contribution >= 4 is 28.7 Å². The van der Waals surface area contributed by atoms with Gasteiger partial charge in [-0.15, -0.1) is 0 Å². The highest BCUT2D eigenvalue weighted by atomic mass is 35.5. The number of hydrogen-bond donors (Lipinski definition) is 2. The van der Waals surface area contributed by atoms with E-state index in [4.69, 9.17) is 11.6 Å². The maximum absolute atomic E-state index is 12.1. The molecule has 0 radical (unpaired) electrons. The number of halogens is 1. The number of carbonyl (C=O) groups is 1. The number of aromatic amines is 1. The zero-order valence-corrected chi connectivity index (χ0v) is 14.7. The highest BCUT2D eigenvalue weighted by molar-refractivity contribution is 6.31. The summed E-state index contributed by atoms with van der Waals surface area (Å²) in [5, 5.41) is 3.59. The Kier molecular flexibility index (Phi) is 6.24. The van der Waals surface area contributed by atoms with Crippen LogP contribution in [0.1, 0.15) is 19.7 Å². The SMILES string of the molecule is CCN(CC)CCNC(=O)N(C)Cc1nc2ccc(Cl)cc2[nH]1. The molecule has 0 bridgehead atoms. The van der Waals surface area contributed by atoms with Crippen LogP contribution in [0, 0.1) is 0 Å². The first-order valence-corrected chi connectivity index (χ1v) is 8.26. The van der Waals surface area contributed by atoms with Crippen LogP contribution in [0.5, 0.6) is 0 Å². The summed E-state index contributed by atoms with van der Waals surface area (Å²) in [4.78, 5) is 23.6. The Labute approximate surface area is 141 Å². The second kappa shape index (κ2) is 8.17. The average molecular weight is 338 g/mol. The summed E-state index contributed by atoms with van der Waals surface area (Å²) in [6, 6.07) is 5.40. The number of H-pyrrole nitrogens is 1. The summed E-state index contributed by atoms with van der Waals surface area (Å²) in [6.07, 6.45) is 0. The van der Waals surface area contributed by atoms with Crippen molar-refractivity contribution in [1.29, 1.82) is 0 Å². The summed E-state index contributed by atoms with van der Waals surface area (Å²) in [6.45, 7) is 8.13. The van der Waals surface area contributed by atoms with Gasteiger partial charge in [-0.2, -0.15) is 0 Å². The molecule has 2 amide bonds. The van der Waals surface area contributed by atoms with E-state index in [1.54, 1.807) is 18.0 Å². The van der Waals surface area contributed by atoms with Crippen LogP contribution in [-0.4, -0.2) is 59.0 Å². The minimum atomic E-state index is -0.101. The molecule has 0 aliphatic carbocycles. The van der Waals surface area contributed by atoms with E-state index >= 15 is 0 Å². The fourth-order valence-corrected chi connectivity index (χ4v) is 2.57. The van der Waals surface area contributed by atoms with Crippen molar-refractivity contribution in [3.8, 4) is 0 Å². The molecule has 0 unspecified atom stereocenters. The van der Waals surface area contributed by atoms with Gasteiger partial charge in [-0.1, -0.05) is 25.4 Å². The third kappa shape index (κ3) is 4.84. The van der Waals surface area contributed by atoms with Gasteiger partial charge in [0.2, 0.25) is 0 Å². The lowest BCUT2D eigenvalue weighted by molar-refractivity contribution is 0.203. The molecule has 2 N–H and O–H groups in total. The van der Waals surface area contributed by atoms with E-state index in [1.165, 1.54) is 0 Å². The molecule has 2 aromatic rings. The monoisotopic (exact) mass is 337 g/mol.